The van der Waals surface area contributed by atoms with Gasteiger partial charge in [0.1, 0.15) is 0 Å². The highest BCUT2D eigenvalue weighted by molar-refractivity contribution is 5.82. The number of carbonyl (C=O) groups excluding carboxylic acids is 1. The predicted octanol–water partition coefficient (Wildman–Crippen LogP) is 2.17. The van der Waals surface area contributed by atoms with Crippen LogP contribution in [0.1, 0.15) is 41.0 Å². The van der Waals surface area contributed by atoms with Crippen molar-refractivity contribution < 1.29 is 4.79 Å². The van der Waals surface area contributed by atoms with Crippen molar-refractivity contribution in [2.45, 2.75) is 52.6 Å². The van der Waals surface area contributed by atoms with Gasteiger partial charge in [0.05, 0.1) is 6.04 Å². The van der Waals surface area contributed by atoms with Crippen LogP contribution in [0.3, 0.4) is 0 Å². The van der Waals surface area contributed by atoms with E-state index in [4.69, 9.17) is 5.73 Å². The van der Waals surface area contributed by atoms with Crippen LogP contribution in [0.5, 0.6) is 0 Å². The predicted molar refractivity (Wildman–Crippen MR) is 69.1 cm³/mol. The maximum absolute atomic E-state index is 12.2. The molecule has 0 saturated heterocycles. The van der Waals surface area contributed by atoms with Crippen LogP contribution in [0.2, 0.25) is 0 Å². The van der Waals surface area contributed by atoms with Gasteiger partial charge in [0.15, 0.2) is 0 Å². The number of nitrogens with two attached hydrogens (primary N) is 1. The minimum Gasteiger partial charge on any atom is -0.333 e. The van der Waals surface area contributed by atoms with E-state index >= 15 is 0 Å². The van der Waals surface area contributed by atoms with E-state index in [1.807, 2.05) is 34.6 Å². The van der Waals surface area contributed by atoms with Gasteiger partial charge in [0.2, 0.25) is 5.91 Å². The van der Waals surface area contributed by atoms with E-state index < -0.39 is 6.04 Å². The maximum atomic E-state index is 12.2. The molecule has 0 aliphatic carbocycles. The molecular weight excluding hydrogens is 200 g/mol. The van der Waals surface area contributed by atoms with Gasteiger partial charge in [-0.1, -0.05) is 26.3 Å². The van der Waals surface area contributed by atoms with E-state index in [-0.39, 0.29) is 17.4 Å². The van der Waals surface area contributed by atoms with Gasteiger partial charge in [-0.25, -0.2) is 0 Å². The summed E-state index contributed by atoms with van der Waals surface area (Å²) in [6, 6.07) is -0.413. The Morgan fingerprint density at radius 3 is 2.31 bits per heavy atom. The molecule has 0 spiro atoms. The summed E-state index contributed by atoms with van der Waals surface area (Å²) in [7, 11) is 0. The molecule has 0 rings (SSSR count). The second kappa shape index (κ2) is 6.04. The number of hydrogen-bond acceptors (Lipinski definition) is 2. The standard InChI is InChI=1S/C13H26N2O/c1-7-9-15(13(4,5)6)12(16)11(14)10(3)8-2/h7,10-11H,1,8-9,14H2,2-6H3/t10?,11-/m0/s1. The molecule has 2 atom stereocenters. The third-order valence-electron chi connectivity index (χ3n) is 2.93. The van der Waals surface area contributed by atoms with Crippen LogP contribution in [0.25, 0.3) is 0 Å². The molecule has 0 heterocycles. The molecule has 0 bridgehead atoms. The Labute approximate surface area is 99.7 Å². The molecule has 0 aliphatic rings. The maximum Gasteiger partial charge on any atom is 0.240 e. The lowest BCUT2D eigenvalue weighted by molar-refractivity contribution is -0.137. The number of hydrogen-bond donors (Lipinski definition) is 1. The molecule has 0 aromatic rings. The summed E-state index contributed by atoms with van der Waals surface area (Å²) < 4.78 is 0. The third-order valence-corrected chi connectivity index (χ3v) is 2.93. The van der Waals surface area contributed by atoms with Crippen molar-refractivity contribution >= 4 is 5.91 Å². The van der Waals surface area contributed by atoms with Crippen LogP contribution in [-0.4, -0.2) is 28.9 Å². The van der Waals surface area contributed by atoms with Crippen molar-refractivity contribution in [3.8, 4) is 0 Å². The highest BCUT2D eigenvalue weighted by atomic mass is 16.2. The Balaban J connectivity index is 4.81. The van der Waals surface area contributed by atoms with Gasteiger partial charge in [0, 0.05) is 12.1 Å². The number of carbonyl (C=O) groups is 1. The van der Waals surface area contributed by atoms with Crippen molar-refractivity contribution in [2.75, 3.05) is 6.54 Å². The van der Waals surface area contributed by atoms with E-state index in [9.17, 15) is 4.79 Å². The number of rotatable bonds is 5. The van der Waals surface area contributed by atoms with Gasteiger partial charge in [-0.05, 0) is 26.7 Å². The summed E-state index contributed by atoms with van der Waals surface area (Å²) in [5, 5.41) is 0. The van der Waals surface area contributed by atoms with Crippen molar-refractivity contribution in [1.29, 1.82) is 0 Å². The highest BCUT2D eigenvalue weighted by Gasteiger charge is 2.31. The summed E-state index contributed by atoms with van der Waals surface area (Å²) in [4.78, 5) is 14.0. The molecule has 2 N–H and O–H groups in total. The van der Waals surface area contributed by atoms with Crippen molar-refractivity contribution in [2.24, 2.45) is 11.7 Å². The average molecular weight is 226 g/mol. The summed E-state index contributed by atoms with van der Waals surface area (Å²) in [5.41, 5.74) is 5.76. The molecule has 1 unspecified atom stereocenters. The van der Waals surface area contributed by atoms with E-state index in [1.54, 1.807) is 11.0 Å². The summed E-state index contributed by atoms with van der Waals surface area (Å²) in [6.07, 6.45) is 2.66. The Morgan fingerprint density at radius 1 is 1.50 bits per heavy atom. The molecule has 0 saturated carbocycles. The molecule has 0 aliphatic heterocycles. The normalized spacial score (nSPS) is 15.4. The number of amides is 1. The molecule has 1 amide bonds. The molecule has 16 heavy (non-hydrogen) atoms. The molecule has 0 radical (unpaired) electrons. The molecule has 0 fully saturated rings. The zero-order valence-electron chi connectivity index (χ0n) is 11.3. The van der Waals surface area contributed by atoms with E-state index in [0.717, 1.165) is 6.42 Å². The summed E-state index contributed by atoms with van der Waals surface area (Å²) in [6.45, 7) is 14.3. The van der Waals surface area contributed by atoms with Crippen LogP contribution in [0, 0.1) is 5.92 Å². The highest BCUT2D eigenvalue weighted by Crippen LogP contribution is 2.17. The van der Waals surface area contributed by atoms with Gasteiger partial charge in [-0.2, -0.15) is 0 Å². The first-order valence-electron chi connectivity index (χ1n) is 5.93. The van der Waals surface area contributed by atoms with Gasteiger partial charge >= 0.3 is 0 Å². The average Bonchev–Trinajstić information content (AvgIpc) is 2.21. The second-order valence-electron chi connectivity index (χ2n) is 5.32. The van der Waals surface area contributed by atoms with Gasteiger partial charge in [0.25, 0.3) is 0 Å². The van der Waals surface area contributed by atoms with Gasteiger partial charge in [-0.15, -0.1) is 6.58 Å². The van der Waals surface area contributed by atoms with Gasteiger partial charge < -0.3 is 10.6 Å². The topological polar surface area (TPSA) is 46.3 Å². The van der Waals surface area contributed by atoms with E-state index in [2.05, 4.69) is 6.58 Å². The SMILES string of the molecule is C=CCN(C(=O)[C@@H](N)C(C)CC)C(C)(C)C. The van der Waals surface area contributed by atoms with Crippen LogP contribution < -0.4 is 5.73 Å². The second-order valence-corrected chi connectivity index (χ2v) is 5.32. The fourth-order valence-electron chi connectivity index (χ4n) is 1.50. The van der Waals surface area contributed by atoms with Crippen LogP contribution in [0.15, 0.2) is 12.7 Å². The fraction of sp³-hybridized carbons (Fsp3) is 0.769. The Morgan fingerprint density at radius 2 is 2.00 bits per heavy atom. The summed E-state index contributed by atoms with van der Waals surface area (Å²) >= 11 is 0. The Kier molecular flexibility index (Phi) is 5.73. The van der Waals surface area contributed by atoms with Crippen molar-refractivity contribution in [3.05, 3.63) is 12.7 Å². The molecular formula is C13H26N2O. The lowest BCUT2D eigenvalue weighted by atomic mass is 9.96. The van der Waals surface area contributed by atoms with Crippen molar-refractivity contribution in [1.82, 2.24) is 4.90 Å². The Hall–Kier alpha value is -0.830. The van der Waals surface area contributed by atoms with Gasteiger partial charge in [-0.3, -0.25) is 4.79 Å². The third kappa shape index (κ3) is 3.97. The minimum atomic E-state index is -0.413. The molecule has 3 heteroatoms. The lowest BCUT2D eigenvalue weighted by Gasteiger charge is -2.37. The van der Waals surface area contributed by atoms with Crippen LogP contribution in [-0.2, 0) is 4.79 Å². The summed E-state index contributed by atoms with van der Waals surface area (Å²) in [5.74, 6) is 0.226. The Bertz CT molecular complexity index is 243. The smallest absolute Gasteiger partial charge is 0.240 e. The number of nitrogens with zero attached hydrogens (tertiary/aromatic N) is 1. The fourth-order valence-corrected chi connectivity index (χ4v) is 1.50. The van der Waals surface area contributed by atoms with Crippen LogP contribution >= 0.6 is 0 Å². The molecule has 94 valence electrons. The quantitative estimate of drug-likeness (QED) is 0.730. The van der Waals surface area contributed by atoms with E-state index in [1.165, 1.54) is 0 Å². The van der Waals surface area contributed by atoms with Crippen LogP contribution in [0.4, 0.5) is 0 Å². The lowest BCUT2D eigenvalue weighted by Crippen LogP contribution is -2.54. The zero-order chi connectivity index (χ0) is 12.9. The monoisotopic (exact) mass is 226 g/mol. The first-order chi connectivity index (χ1) is 7.25. The molecule has 0 aromatic carbocycles. The molecule has 3 nitrogen and oxygen atoms in total. The minimum absolute atomic E-state index is 0.0155. The zero-order valence-corrected chi connectivity index (χ0v) is 11.3. The van der Waals surface area contributed by atoms with E-state index in [0.29, 0.717) is 6.54 Å². The van der Waals surface area contributed by atoms with Crippen molar-refractivity contribution in [3.63, 3.8) is 0 Å². The first kappa shape index (κ1) is 15.2. The largest absolute Gasteiger partial charge is 0.333 e. The first-order valence-corrected chi connectivity index (χ1v) is 5.93. The molecule has 0 aromatic heterocycles.